The lowest BCUT2D eigenvalue weighted by Gasteiger charge is -2.33. The number of likely N-dealkylation sites (tertiary alicyclic amines) is 1. The van der Waals surface area contributed by atoms with Crippen molar-refractivity contribution in [3.05, 3.63) is 89.2 Å². The number of amides is 2. The van der Waals surface area contributed by atoms with Crippen LogP contribution in [0.2, 0.25) is 5.02 Å². The van der Waals surface area contributed by atoms with E-state index in [4.69, 9.17) is 11.6 Å². The van der Waals surface area contributed by atoms with Crippen LogP contribution in [0.5, 0.6) is 0 Å². The molecule has 1 saturated heterocycles. The molecular formula is C28H29ClN4O3. The summed E-state index contributed by atoms with van der Waals surface area (Å²) in [4.78, 5) is 45.8. The zero-order valence-corrected chi connectivity index (χ0v) is 20.9. The zero-order chi connectivity index (χ0) is 25.5. The van der Waals surface area contributed by atoms with E-state index in [1.165, 1.54) is 6.92 Å². The number of carbonyl (C=O) groups is 3. The highest BCUT2D eigenvalue weighted by atomic mass is 35.5. The van der Waals surface area contributed by atoms with E-state index in [9.17, 15) is 14.4 Å². The van der Waals surface area contributed by atoms with Gasteiger partial charge in [0.05, 0.1) is 11.9 Å². The molecule has 7 nitrogen and oxygen atoms in total. The van der Waals surface area contributed by atoms with Gasteiger partial charge in [0.15, 0.2) is 5.78 Å². The normalized spacial score (nSPS) is 14.3. The van der Waals surface area contributed by atoms with Gasteiger partial charge in [-0.3, -0.25) is 19.4 Å². The average Bonchev–Trinajstić information content (AvgIpc) is 2.90. The molecule has 0 atom stereocenters. The SMILES string of the molecule is CC(=O)Nc1ccc(C(=O)N(CCN2CCC(C(=O)c3ccc(Cl)cc3)CC2)c2cccnc2)cc1. The molecule has 186 valence electrons. The Morgan fingerprint density at radius 2 is 1.67 bits per heavy atom. The van der Waals surface area contributed by atoms with Crippen LogP contribution >= 0.6 is 11.6 Å². The minimum absolute atomic E-state index is 0.000565. The molecule has 3 aromatic rings. The Labute approximate surface area is 216 Å². The van der Waals surface area contributed by atoms with E-state index in [1.54, 1.807) is 65.8 Å². The molecule has 2 heterocycles. The fraction of sp³-hybridized carbons (Fsp3) is 0.286. The lowest BCUT2D eigenvalue weighted by atomic mass is 9.89. The second-order valence-corrected chi connectivity index (χ2v) is 9.35. The van der Waals surface area contributed by atoms with Crippen LogP contribution in [0, 0.1) is 5.92 Å². The molecule has 1 aromatic heterocycles. The van der Waals surface area contributed by atoms with E-state index in [0.29, 0.717) is 34.9 Å². The predicted molar refractivity (Wildman–Crippen MR) is 142 cm³/mol. The van der Waals surface area contributed by atoms with Crippen molar-refractivity contribution in [2.75, 3.05) is 36.4 Å². The van der Waals surface area contributed by atoms with Gasteiger partial charge in [0.2, 0.25) is 5.91 Å². The summed E-state index contributed by atoms with van der Waals surface area (Å²) < 4.78 is 0. The number of rotatable bonds is 8. The van der Waals surface area contributed by atoms with Gasteiger partial charge >= 0.3 is 0 Å². The first-order chi connectivity index (χ1) is 17.4. The van der Waals surface area contributed by atoms with E-state index in [-0.39, 0.29) is 23.5 Å². The lowest BCUT2D eigenvalue weighted by molar-refractivity contribution is -0.114. The molecule has 36 heavy (non-hydrogen) atoms. The van der Waals surface area contributed by atoms with Gasteiger partial charge in [0.25, 0.3) is 5.91 Å². The number of piperidine rings is 1. The largest absolute Gasteiger partial charge is 0.326 e. The number of aromatic nitrogens is 1. The summed E-state index contributed by atoms with van der Waals surface area (Å²) in [6.45, 7) is 4.22. The lowest BCUT2D eigenvalue weighted by Crippen LogP contribution is -2.43. The van der Waals surface area contributed by atoms with Crippen molar-refractivity contribution in [1.29, 1.82) is 0 Å². The van der Waals surface area contributed by atoms with Gasteiger partial charge in [0.1, 0.15) is 0 Å². The summed E-state index contributed by atoms with van der Waals surface area (Å²) in [5, 5.41) is 3.34. The molecule has 2 amide bonds. The van der Waals surface area contributed by atoms with Crippen molar-refractivity contribution in [2.24, 2.45) is 5.92 Å². The maximum Gasteiger partial charge on any atom is 0.258 e. The van der Waals surface area contributed by atoms with Crippen LogP contribution in [0.4, 0.5) is 11.4 Å². The van der Waals surface area contributed by atoms with Crippen LogP contribution in [0.15, 0.2) is 73.1 Å². The van der Waals surface area contributed by atoms with Crippen molar-refractivity contribution < 1.29 is 14.4 Å². The number of carbonyl (C=O) groups excluding carboxylic acids is 3. The molecule has 4 rings (SSSR count). The van der Waals surface area contributed by atoms with Crippen molar-refractivity contribution in [3.8, 4) is 0 Å². The van der Waals surface area contributed by atoms with Crippen LogP contribution in [0.1, 0.15) is 40.5 Å². The van der Waals surface area contributed by atoms with Gasteiger partial charge in [-0.25, -0.2) is 0 Å². The van der Waals surface area contributed by atoms with Crippen LogP contribution < -0.4 is 10.2 Å². The third kappa shape index (κ3) is 6.56. The van der Waals surface area contributed by atoms with Crippen molar-refractivity contribution in [1.82, 2.24) is 9.88 Å². The van der Waals surface area contributed by atoms with Gasteiger partial charge in [-0.05, 0) is 86.6 Å². The minimum atomic E-state index is -0.162. The smallest absolute Gasteiger partial charge is 0.258 e. The number of nitrogens with one attached hydrogen (secondary N) is 1. The van der Waals surface area contributed by atoms with E-state index in [0.717, 1.165) is 31.6 Å². The van der Waals surface area contributed by atoms with Gasteiger partial charge in [-0.15, -0.1) is 0 Å². The molecule has 0 saturated carbocycles. The third-order valence-corrected chi connectivity index (χ3v) is 6.63. The van der Waals surface area contributed by atoms with Crippen LogP contribution in [-0.4, -0.2) is 53.7 Å². The number of hydrogen-bond acceptors (Lipinski definition) is 5. The first-order valence-electron chi connectivity index (χ1n) is 12.0. The Balaban J connectivity index is 1.38. The summed E-state index contributed by atoms with van der Waals surface area (Å²) >= 11 is 5.95. The highest BCUT2D eigenvalue weighted by molar-refractivity contribution is 6.30. The summed E-state index contributed by atoms with van der Waals surface area (Å²) in [5.74, 6) is -0.128. The molecule has 1 N–H and O–H groups in total. The standard InChI is InChI=1S/C28H29ClN4O3/c1-20(34)31-25-10-6-23(7-11-25)28(36)33(26-3-2-14-30-19-26)18-17-32-15-12-22(13-16-32)27(35)21-4-8-24(29)9-5-21/h2-11,14,19,22H,12-13,15-18H2,1H3,(H,31,34). The first-order valence-corrected chi connectivity index (χ1v) is 12.4. The Hall–Kier alpha value is -3.55. The molecule has 0 bridgehead atoms. The molecule has 0 radical (unpaired) electrons. The Kier molecular flexibility index (Phi) is 8.46. The Bertz CT molecular complexity index is 1190. The summed E-state index contributed by atoms with van der Waals surface area (Å²) in [6.07, 6.45) is 4.93. The average molecular weight is 505 g/mol. The quantitative estimate of drug-likeness (QED) is 0.439. The number of nitrogens with zero attached hydrogens (tertiary/aromatic N) is 3. The number of pyridine rings is 1. The Morgan fingerprint density at radius 1 is 1.00 bits per heavy atom. The minimum Gasteiger partial charge on any atom is -0.326 e. The number of anilines is 2. The van der Waals surface area contributed by atoms with E-state index in [2.05, 4.69) is 15.2 Å². The van der Waals surface area contributed by atoms with Crippen molar-refractivity contribution in [3.63, 3.8) is 0 Å². The third-order valence-electron chi connectivity index (χ3n) is 6.38. The summed E-state index contributed by atoms with van der Waals surface area (Å²) in [5.41, 5.74) is 2.60. The fourth-order valence-corrected chi connectivity index (χ4v) is 4.55. The summed E-state index contributed by atoms with van der Waals surface area (Å²) in [6, 6.07) is 17.6. The van der Waals surface area contributed by atoms with E-state index >= 15 is 0 Å². The van der Waals surface area contributed by atoms with Gasteiger partial charge in [0, 0.05) is 54.0 Å². The molecule has 2 aromatic carbocycles. The maximum absolute atomic E-state index is 13.4. The first kappa shape index (κ1) is 25.5. The molecule has 0 aliphatic carbocycles. The Morgan fingerprint density at radius 3 is 2.28 bits per heavy atom. The number of ketones is 1. The number of Topliss-reactive ketones (excluding diaryl/α,β-unsaturated/α-hetero) is 1. The fourth-order valence-electron chi connectivity index (χ4n) is 4.43. The highest BCUT2D eigenvalue weighted by Crippen LogP contribution is 2.24. The number of halogens is 1. The van der Waals surface area contributed by atoms with E-state index in [1.807, 2.05) is 12.1 Å². The van der Waals surface area contributed by atoms with Crippen LogP contribution in [0.3, 0.4) is 0 Å². The second-order valence-electron chi connectivity index (χ2n) is 8.91. The number of benzene rings is 2. The predicted octanol–water partition coefficient (Wildman–Crippen LogP) is 4.94. The topological polar surface area (TPSA) is 82.6 Å². The van der Waals surface area contributed by atoms with E-state index < -0.39 is 0 Å². The molecule has 1 fully saturated rings. The molecule has 0 spiro atoms. The van der Waals surface area contributed by atoms with Gasteiger partial charge in [-0.1, -0.05) is 11.6 Å². The molecular weight excluding hydrogens is 476 g/mol. The molecule has 0 unspecified atom stereocenters. The molecule has 8 heteroatoms. The maximum atomic E-state index is 13.4. The second kappa shape index (κ2) is 11.9. The van der Waals surface area contributed by atoms with Crippen LogP contribution in [-0.2, 0) is 4.79 Å². The van der Waals surface area contributed by atoms with Gasteiger partial charge in [-0.2, -0.15) is 0 Å². The van der Waals surface area contributed by atoms with Crippen molar-refractivity contribution >= 4 is 40.6 Å². The van der Waals surface area contributed by atoms with Crippen LogP contribution in [0.25, 0.3) is 0 Å². The number of hydrogen-bond donors (Lipinski definition) is 1. The summed E-state index contributed by atoms with van der Waals surface area (Å²) in [7, 11) is 0. The highest BCUT2D eigenvalue weighted by Gasteiger charge is 2.27. The monoisotopic (exact) mass is 504 g/mol. The van der Waals surface area contributed by atoms with Crippen molar-refractivity contribution in [2.45, 2.75) is 19.8 Å². The molecule has 1 aliphatic rings. The molecule has 1 aliphatic heterocycles. The zero-order valence-electron chi connectivity index (χ0n) is 20.2. The van der Waals surface area contributed by atoms with Gasteiger partial charge < -0.3 is 15.1 Å².